The molecule has 0 spiro atoms. The third-order valence-corrected chi connectivity index (χ3v) is 7.46. The fourth-order valence-corrected chi connectivity index (χ4v) is 5.09. The van der Waals surface area contributed by atoms with E-state index < -0.39 is 48.0 Å². The second kappa shape index (κ2) is 15.3. The Morgan fingerprint density at radius 3 is 1.63 bits per heavy atom. The summed E-state index contributed by atoms with van der Waals surface area (Å²) in [6.07, 6.45) is 0.218. The van der Waals surface area contributed by atoms with Crippen LogP contribution in [0, 0.1) is 0 Å². The van der Waals surface area contributed by atoms with Gasteiger partial charge in [0.25, 0.3) is 0 Å². The Labute approximate surface area is 226 Å². The lowest BCUT2D eigenvalue weighted by molar-refractivity contribution is -0.139. The lowest BCUT2D eigenvalue weighted by Crippen LogP contribution is -2.37. The lowest BCUT2D eigenvalue weighted by Gasteiger charge is -2.13. The maximum absolute atomic E-state index is 12.3. The van der Waals surface area contributed by atoms with E-state index in [4.69, 9.17) is 42.6 Å². The molecule has 0 bridgehead atoms. The molecule has 0 amide bonds. The van der Waals surface area contributed by atoms with Crippen LogP contribution in [0.2, 0.25) is 0 Å². The van der Waals surface area contributed by atoms with Gasteiger partial charge in [0.2, 0.25) is 0 Å². The van der Waals surface area contributed by atoms with Gasteiger partial charge in [-0.25, -0.2) is 9.59 Å². The molecule has 0 aliphatic heterocycles. The van der Waals surface area contributed by atoms with Crippen LogP contribution >= 0.6 is 21.6 Å². The van der Waals surface area contributed by atoms with E-state index in [1.165, 1.54) is 39.8 Å². The van der Waals surface area contributed by atoms with Crippen molar-refractivity contribution in [3.05, 3.63) is 59.7 Å². The summed E-state index contributed by atoms with van der Waals surface area (Å²) in [6, 6.07) is 8.66. The van der Waals surface area contributed by atoms with Crippen molar-refractivity contribution < 1.29 is 38.9 Å². The molecule has 10 N–H and O–H groups in total. The van der Waals surface area contributed by atoms with E-state index in [-0.39, 0.29) is 35.8 Å². The van der Waals surface area contributed by atoms with Crippen molar-refractivity contribution in [3.63, 3.8) is 0 Å². The van der Waals surface area contributed by atoms with E-state index in [0.717, 1.165) is 0 Å². The summed E-state index contributed by atoms with van der Waals surface area (Å²) in [7, 11) is 2.48. The predicted molar refractivity (Wildman–Crippen MR) is 144 cm³/mol. The number of ether oxygens (including phenoxy) is 2. The van der Waals surface area contributed by atoms with Crippen LogP contribution in [0.15, 0.2) is 48.5 Å². The summed E-state index contributed by atoms with van der Waals surface area (Å²) >= 11 is 0. The molecular weight excluding hydrogens is 536 g/mol. The Kier molecular flexibility index (Phi) is 12.5. The van der Waals surface area contributed by atoms with Gasteiger partial charge < -0.3 is 42.6 Å². The van der Waals surface area contributed by atoms with Gasteiger partial charge in [0.05, 0.1) is 0 Å². The fourth-order valence-electron chi connectivity index (χ4n) is 2.87. The molecule has 4 atom stereocenters. The van der Waals surface area contributed by atoms with Gasteiger partial charge in [0.1, 0.15) is 35.7 Å². The van der Waals surface area contributed by atoms with E-state index in [1.54, 1.807) is 30.3 Å². The molecule has 0 aromatic heterocycles. The highest BCUT2D eigenvalue weighted by molar-refractivity contribution is 8.76. The van der Waals surface area contributed by atoms with Crippen LogP contribution < -0.4 is 32.4 Å². The Morgan fingerprint density at radius 2 is 1.13 bits per heavy atom. The highest BCUT2D eigenvalue weighted by Gasteiger charge is 2.20. The van der Waals surface area contributed by atoms with Crippen LogP contribution in [0.1, 0.15) is 11.1 Å². The number of hydrogen-bond donors (Lipinski definition) is 6. The number of benzene rings is 2. The first kappa shape index (κ1) is 31.1. The van der Waals surface area contributed by atoms with Crippen LogP contribution in [-0.4, -0.2) is 69.8 Å². The molecule has 38 heavy (non-hydrogen) atoms. The molecule has 2 aromatic carbocycles. The first-order chi connectivity index (χ1) is 18.0. The largest absolute Gasteiger partial charge is 0.480 e. The average Bonchev–Trinajstić information content (AvgIpc) is 2.87. The summed E-state index contributed by atoms with van der Waals surface area (Å²) in [5, 5.41) is 17.8. The third kappa shape index (κ3) is 10.7. The Balaban J connectivity index is 1.72. The maximum atomic E-state index is 12.3. The lowest BCUT2D eigenvalue weighted by atomic mass is 10.1. The minimum atomic E-state index is -1.13. The first-order valence-electron chi connectivity index (χ1n) is 11.3. The standard InChI is InChI=1S/C24H30N4O8S2/c25-17(21(29)30)9-13-4-6-15(7-5-13)35-23(33)19(27)11-37-38-12-20(28)24(34)36-16-3-1-2-14(8-16)10-18(26)22(31)32/h1-8,17-20H,9-12,25-28H2,(H,29,30)(H,31,32). The second-order valence-corrected chi connectivity index (χ2v) is 10.8. The van der Waals surface area contributed by atoms with Gasteiger partial charge in [-0.1, -0.05) is 45.9 Å². The molecule has 0 radical (unpaired) electrons. The van der Waals surface area contributed by atoms with E-state index in [0.29, 0.717) is 11.1 Å². The topological polar surface area (TPSA) is 231 Å². The van der Waals surface area contributed by atoms with Crippen LogP contribution in [-0.2, 0) is 32.0 Å². The minimum absolute atomic E-state index is 0.0781. The van der Waals surface area contributed by atoms with E-state index >= 15 is 0 Å². The van der Waals surface area contributed by atoms with Gasteiger partial charge in [-0.15, -0.1) is 0 Å². The predicted octanol–water partition coefficient (Wildman–Crippen LogP) is 0.142. The number of carbonyl (C=O) groups excluding carboxylic acids is 2. The van der Waals surface area contributed by atoms with Gasteiger partial charge in [-0.05, 0) is 48.2 Å². The highest BCUT2D eigenvalue weighted by Crippen LogP contribution is 2.24. The quantitative estimate of drug-likeness (QED) is 0.0729. The molecule has 0 saturated heterocycles. The van der Waals surface area contributed by atoms with Crippen LogP contribution in [0.5, 0.6) is 11.5 Å². The molecule has 0 aliphatic carbocycles. The van der Waals surface area contributed by atoms with E-state index in [1.807, 2.05) is 0 Å². The number of carboxylic acids is 2. The summed E-state index contributed by atoms with van der Waals surface area (Å²) < 4.78 is 10.5. The molecular formula is C24H30N4O8S2. The average molecular weight is 567 g/mol. The number of carboxylic acid groups (broad SMARTS) is 2. The zero-order valence-corrected chi connectivity index (χ0v) is 21.9. The molecule has 0 fully saturated rings. The van der Waals surface area contributed by atoms with E-state index in [9.17, 15) is 19.2 Å². The molecule has 4 unspecified atom stereocenters. The van der Waals surface area contributed by atoms with Crippen LogP contribution in [0.3, 0.4) is 0 Å². The van der Waals surface area contributed by atoms with Gasteiger partial charge in [-0.3, -0.25) is 9.59 Å². The molecule has 206 valence electrons. The summed E-state index contributed by atoms with van der Waals surface area (Å²) in [6.45, 7) is 0. The minimum Gasteiger partial charge on any atom is -0.480 e. The van der Waals surface area contributed by atoms with Gasteiger partial charge >= 0.3 is 23.9 Å². The van der Waals surface area contributed by atoms with Gasteiger partial charge in [0, 0.05) is 11.5 Å². The first-order valence-corrected chi connectivity index (χ1v) is 13.8. The number of nitrogens with two attached hydrogens (primary N) is 4. The molecule has 0 saturated carbocycles. The number of rotatable bonds is 15. The third-order valence-electron chi connectivity index (χ3n) is 4.99. The number of aliphatic carboxylic acids is 2. The van der Waals surface area contributed by atoms with Crippen molar-refractivity contribution in [2.24, 2.45) is 22.9 Å². The number of carbonyl (C=O) groups is 4. The summed E-state index contributed by atoms with van der Waals surface area (Å²) in [5.41, 5.74) is 24.1. The Hall–Kier alpha value is -3.14. The van der Waals surface area contributed by atoms with Crippen LogP contribution in [0.25, 0.3) is 0 Å². The smallest absolute Gasteiger partial charge is 0.329 e. The van der Waals surface area contributed by atoms with Crippen molar-refractivity contribution in [2.75, 3.05) is 11.5 Å². The second-order valence-electron chi connectivity index (χ2n) is 8.21. The Morgan fingerprint density at radius 1 is 0.658 bits per heavy atom. The highest BCUT2D eigenvalue weighted by atomic mass is 33.1. The van der Waals surface area contributed by atoms with Gasteiger partial charge in [0.15, 0.2) is 0 Å². The Bertz CT molecular complexity index is 1120. The maximum Gasteiger partial charge on any atom is 0.329 e. The molecule has 0 heterocycles. The van der Waals surface area contributed by atoms with Crippen molar-refractivity contribution in [1.29, 1.82) is 0 Å². The monoisotopic (exact) mass is 566 g/mol. The molecule has 14 heteroatoms. The zero-order valence-electron chi connectivity index (χ0n) is 20.2. The van der Waals surface area contributed by atoms with Crippen molar-refractivity contribution in [1.82, 2.24) is 0 Å². The number of esters is 2. The normalized spacial score (nSPS) is 14.1. The van der Waals surface area contributed by atoms with Crippen molar-refractivity contribution in [3.8, 4) is 11.5 Å². The molecule has 0 aliphatic rings. The fraction of sp³-hybridized carbons (Fsp3) is 0.333. The number of hydrogen-bond acceptors (Lipinski definition) is 12. The van der Waals surface area contributed by atoms with E-state index in [2.05, 4.69) is 0 Å². The van der Waals surface area contributed by atoms with Gasteiger partial charge in [-0.2, -0.15) is 0 Å². The SMILES string of the molecule is NC(Cc1ccc(OC(=O)C(N)CSSCC(N)C(=O)Oc2cccc(CC(N)C(=O)O)c2)cc1)C(=O)O. The van der Waals surface area contributed by atoms with Crippen molar-refractivity contribution >= 4 is 45.5 Å². The van der Waals surface area contributed by atoms with Crippen LogP contribution in [0.4, 0.5) is 0 Å². The summed E-state index contributed by atoms with van der Waals surface area (Å²) in [4.78, 5) is 46.3. The zero-order chi connectivity index (χ0) is 28.2. The molecule has 12 nitrogen and oxygen atoms in total. The molecule has 2 aromatic rings. The van der Waals surface area contributed by atoms with Crippen molar-refractivity contribution in [2.45, 2.75) is 37.0 Å². The molecule has 2 rings (SSSR count). The summed E-state index contributed by atoms with van der Waals surface area (Å²) in [5.74, 6) is -2.70.